The molecule has 1 aliphatic heterocycles. The van der Waals surface area contributed by atoms with Crippen LogP contribution in [0.2, 0.25) is 5.02 Å². The first-order valence-corrected chi connectivity index (χ1v) is 9.02. The summed E-state index contributed by atoms with van der Waals surface area (Å²) in [6.45, 7) is 6.45. The molecule has 3 nitrogen and oxygen atoms in total. The maximum absolute atomic E-state index is 13.3. The van der Waals surface area contributed by atoms with Crippen molar-refractivity contribution in [1.29, 1.82) is 0 Å². The summed E-state index contributed by atoms with van der Waals surface area (Å²) in [6.07, 6.45) is 6.37. The van der Waals surface area contributed by atoms with Crippen molar-refractivity contribution >= 4 is 29.1 Å². The van der Waals surface area contributed by atoms with Crippen LogP contribution in [0.5, 0.6) is 0 Å². The van der Waals surface area contributed by atoms with Crippen molar-refractivity contribution in [2.45, 2.75) is 33.6 Å². The fraction of sp³-hybridized carbons (Fsp3) is 0.500. The zero-order valence-electron chi connectivity index (χ0n) is 14.3. The minimum Gasteiger partial charge on any atom is -0.274 e. The molecule has 0 spiro atoms. The predicted molar refractivity (Wildman–Crippen MR) is 94.7 cm³/mol. The number of amides is 2. The Morgan fingerprint density at radius 3 is 2.42 bits per heavy atom. The standard InChI is InChI=1S/C20H22ClNO2/c1-12(2)20-9-7-19(3,8-10-20)15-16(20)18(24)22(17(15)23)14-6-4-5-13(21)11-14/h4-7,9,11-12,15-16H,8,10H2,1-3H3/t15-,16+,19+,20-/m1/s1. The largest absolute Gasteiger partial charge is 0.274 e. The molecule has 1 saturated heterocycles. The molecule has 4 heteroatoms. The molecule has 1 aromatic rings. The van der Waals surface area contributed by atoms with Gasteiger partial charge in [-0.05, 0) is 42.4 Å². The zero-order valence-corrected chi connectivity index (χ0v) is 15.0. The third kappa shape index (κ3) is 1.85. The summed E-state index contributed by atoms with van der Waals surface area (Å²) in [5.41, 5.74) is 0.165. The zero-order chi connectivity index (χ0) is 17.3. The number of hydrogen-bond donors (Lipinski definition) is 0. The van der Waals surface area contributed by atoms with E-state index in [0.717, 1.165) is 12.8 Å². The van der Waals surface area contributed by atoms with Crippen molar-refractivity contribution in [3.63, 3.8) is 0 Å². The highest BCUT2D eigenvalue weighted by Gasteiger charge is 2.67. The Bertz CT molecular complexity index is 771. The quantitative estimate of drug-likeness (QED) is 0.587. The molecule has 0 N–H and O–H groups in total. The van der Waals surface area contributed by atoms with Crippen LogP contribution in [0, 0.1) is 28.6 Å². The second-order valence-corrected chi connectivity index (χ2v) is 8.49. The molecule has 0 radical (unpaired) electrons. The molecule has 1 heterocycles. The highest BCUT2D eigenvalue weighted by atomic mass is 35.5. The van der Waals surface area contributed by atoms with Gasteiger partial charge in [0.2, 0.25) is 11.8 Å². The van der Waals surface area contributed by atoms with Gasteiger partial charge in [-0.3, -0.25) is 9.59 Å². The minimum atomic E-state index is -0.259. The number of rotatable bonds is 2. The molecule has 126 valence electrons. The summed E-state index contributed by atoms with van der Waals surface area (Å²) in [4.78, 5) is 28.0. The lowest BCUT2D eigenvalue weighted by molar-refractivity contribution is -0.135. The second kappa shape index (κ2) is 4.95. The van der Waals surface area contributed by atoms with E-state index < -0.39 is 0 Å². The molecule has 0 aromatic heterocycles. The SMILES string of the molecule is CC(C)[C@@]12C=C[C@@](C)(CC1)[C@H]1C(=O)N(c3cccc(Cl)c3)C(=O)[C@H]12. The van der Waals surface area contributed by atoms with Crippen LogP contribution in [-0.4, -0.2) is 11.8 Å². The van der Waals surface area contributed by atoms with Gasteiger partial charge < -0.3 is 0 Å². The smallest absolute Gasteiger partial charge is 0.238 e. The first-order valence-electron chi connectivity index (χ1n) is 8.64. The second-order valence-electron chi connectivity index (χ2n) is 8.05. The predicted octanol–water partition coefficient (Wildman–Crippen LogP) is 4.46. The van der Waals surface area contributed by atoms with Crippen molar-refractivity contribution < 1.29 is 9.59 Å². The number of fused-ring (bicyclic) bond motifs is 1. The Morgan fingerprint density at radius 2 is 1.83 bits per heavy atom. The number of halogens is 1. The molecule has 2 fully saturated rings. The van der Waals surface area contributed by atoms with E-state index in [1.54, 1.807) is 24.3 Å². The average Bonchev–Trinajstić information content (AvgIpc) is 2.82. The number of nitrogens with zero attached hydrogens (tertiary/aromatic N) is 1. The van der Waals surface area contributed by atoms with Crippen molar-refractivity contribution in [1.82, 2.24) is 0 Å². The topological polar surface area (TPSA) is 37.4 Å². The third-order valence-electron chi connectivity index (χ3n) is 6.61. The molecular formula is C20H22ClNO2. The van der Waals surface area contributed by atoms with Gasteiger partial charge in [0.05, 0.1) is 17.5 Å². The summed E-state index contributed by atoms with van der Waals surface area (Å²) < 4.78 is 0. The van der Waals surface area contributed by atoms with Gasteiger partial charge in [0.25, 0.3) is 0 Å². The lowest BCUT2D eigenvalue weighted by Crippen LogP contribution is -2.53. The van der Waals surface area contributed by atoms with Crippen LogP contribution in [0.15, 0.2) is 36.4 Å². The molecule has 4 aliphatic rings. The van der Waals surface area contributed by atoms with Gasteiger partial charge in [-0.25, -0.2) is 4.90 Å². The highest BCUT2D eigenvalue weighted by Crippen LogP contribution is 2.64. The van der Waals surface area contributed by atoms with Crippen molar-refractivity contribution in [3.8, 4) is 0 Å². The monoisotopic (exact) mass is 343 g/mol. The molecule has 2 amide bonds. The normalized spacial score (nSPS) is 37.5. The van der Waals surface area contributed by atoms with E-state index in [-0.39, 0.29) is 34.5 Å². The summed E-state index contributed by atoms with van der Waals surface area (Å²) >= 11 is 6.08. The van der Waals surface area contributed by atoms with E-state index in [1.165, 1.54) is 4.90 Å². The van der Waals surface area contributed by atoms with Crippen LogP contribution >= 0.6 is 11.6 Å². The van der Waals surface area contributed by atoms with Crippen LogP contribution in [0.25, 0.3) is 0 Å². The van der Waals surface area contributed by atoms with Gasteiger partial charge in [0.1, 0.15) is 0 Å². The Kier molecular flexibility index (Phi) is 3.28. The molecule has 24 heavy (non-hydrogen) atoms. The van der Waals surface area contributed by atoms with Gasteiger partial charge in [-0.1, -0.05) is 50.6 Å². The molecule has 3 aliphatic carbocycles. The van der Waals surface area contributed by atoms with E-state index in [0.29, 0.717) is 16.6 Å². The maximum Gasteiger partial charge on any atom is 0.238 e. The minimum absolute atomic E-state index is 0.0590. The van der Waals surface area contributed by atoms with E-state index in [1.807, 2.05) is 0 Å². The van der Waals surface area contributed by atoms with Crippen molar-refractivity contribution in [2.24, 2.45) is 28.6 Å². The Balaban J connectivity index is 1.86. The average molecular weight is 344 g/mol. The van der Waals surface area contributed by atoms with Gasteiger partial charge in [-0.2, -0.15) is 0 Å². The van der Waals surface area contributed by atoms with Crippen molar-refractivity contribution in [2.75, 3.05) is 4.90 Å². The first kappa shape index (κ1) is 15.9. The van der Waals surface area contributed by atoms with E-state index >= 15 is 0 Å². The number of imide groups is 1. The van der Waals surface area contributed by atoms with E-state index in [2.05, 4.69) is 32.9 Å². The van der Waals surface area contributed by atoms with Gasteiger partial charge in [0.15, 0.2) is 0 Å². The number of carbonyl (C=O) groups is 2. The number of carbonyl (C=O) groups excluding carboxylic acids is 2. The molecule has 1 saturated carbocycles. The van der Waals surface area contributed by atoms with Gasteiger partial charge in [-0.15, -0.1) is 0 Å². The van der Waals surface area contributed by atoms with Crippen LogP contribution < -0.4 is 4.90 Å². The number of anilines is 1. The van der Waals surface area contributed by atoms with Gasteiger partial charge in [0, 0.05) is 10.4 Å². The fourth-order valence-corrected chi connectivity index (χ4v) is 5.29. The van der Waals surface area contributed by atoms with Crippen molar-refractivity contribution in [3.05, 3.63) is 41.4 Å². The molecule has 0 unspecified atom stereocenters. The number of benzene rings is 1. The van der Waals surface area contributed by atoms with E-state index in [9.17, 15) is 9.59 Å². The van der Waals surface area contributed by atoms with Crippen LogP contribution in [0.1, 0.15) is 33.6 Å². The number of hydrogen-bond acceptors (Lipinski definition) is 2. The third-order valence-corrected chi connectivity index (χ3v) is 6.84. The van der Waals surface area contributed by atoms with Crippen LogP contribution in [0.3, 0.4) is 0 Å². The summed E-state index contributed by atoms with van der Waals surface area (Å²) in [5, 5.41) is 0.536. The van der Waals surface area contributed by atoms with Crippen LogP contribution in [-0.2, 0) is 9.59 Å². The Morgan fingerprint density at radius 1 is 1.12 bits per heavy atom. The fourth-order valence-electron chi connectivity index (χ4n) is 5.10. The van der Waals surface area contributed by atoms with Crippen LogP contribution in [0.4, 0.5) is 5.69 Å². The first-order chi connectivity index (χ1) is 11.3. The molecule has 2 bridgehead atoms. The lowest BCUT2D eigenvalue weighted by atomic mass is 9.46. The summed E-state index contributed by atoms with van der Waals surface area (Å²) in [6, 6.07) is 7.03. The lowest BCUT2D eigenvalue weighted by Gasteiger charge is -2.55. The van der Waals surface area contributed by atoms with E-state index in [4.69, 9.17) is 11.6 Å². The molecular weight excluding hydrogens is 322 g/mol. The highest BCUT2D eigenvalue weighted by molar-refractivity contribution is 6.31. The molecule has 1 aromatic carbocycles. The number of allylic oxidation sites excluding steroid dienone is 2. The molecule has 5 rings (SSSR count). The van der Waals surface area contributed by atoms with Gasteiger partial charge >= 0.3 is 0 Å². The Labute approximate surface area is 147 Å². The Hall–Kier alpha value is -1.61. The molecule has 4 atom stereocenters. The summed E-state index contributed by atoms with van der Waals surface area (Å²) in [7, 11) is 0. The summed E-state index contributed by atoms with van der Waals surface area (Å²) in [5.74, 6) is -0.319. The maximum atomic E-state index is 13.3.